The second kappa shape index (κ2) is 10.5. The fourth-order valence-electron chi connectivity index (χ4n) is 3.84. The Hall–Kier alpha value is -3.73. The van der Waals surface area contributed by atoms with E-state index >= 15 is 0 Å². The number of nitrogens with zero attached hydrogens (tertiary/aromatic N) is 4. The lowest BCUT2D eigenvalue weighted by molar-refractivity contribution is -0.118. The lowest BCUT2D eigenvalue weighted by Gasteiger charge is -2.37. The Morgan fingerprint density at radius 2 is 2.03 bits per heavy atom. The number of aliphatic imine (C=N–C) groups is 2. The van der Waals surface area contributed by atoms with Crippen molar-refractivity contribution in [2.75, 3.05) is 18.5 Å². The first kappa shape index (κ1) is 23.4. The number of ether oxygens (including phenoxy) is 1. The molecule has 4 amide bonds. The highest BCUT2D eigenvalue weighted by Crippen LogP contribution is 2.27. The predicted molar refractivity (Wildman–Crippen MR) is 130 cm³/mol. The van der Waals surface area contributed by atoms with Gasteiger partial charge in [0.1, 0.15) is 11.0 Å². The Kier molecular flexibility index (Phi) is 7.21. The van der Waals surface area contributed by atoms with Crippen LogP contribution in [-0.2, 0) is 16.1 Å². The number of amides is 4. The highest BCUT2D eigenvalue weighted by Gasteiger charge is 2.45. The van der Waals surface area contributed by atoms with Crippen LogP contribution in [-0.4, -0.2) is 65.2 Å². The van der Waals surface area contributed by atoms with Crippen LogP contribution in [0.2, 0.25) is 0 Å². The van der Waals surface area contributed by atoms with E-state index in [9.17, 15) is 14.4 Å². The molecule has 3 N–H and O–H groups in total. The van der Waals surface area contributed by atoms with E-state index in [1.165, 1.54) is 11.3 Å². The molecule has 34 heavy (non-hydrogen) atoms. The first-order chi connectivity index (χ1) is 16.5. The molecule has 178 valence electrons. The third kappa shape index (κ3) is 5.09. The SMILES string of the molecule is CCCCN1C=NC2C1C(OCC(=O)Nc1sccc1C(N)=O)=NC(=O)N2Cc1ccccc1. The fraction of sp³-hybridized carbons (Fsp3) is 0.348. The summed E-state index contributed by atoms with van der Waals surface area (Å²) in [6.07, 6.45) is 3.15. The van der Waals surface area contributed by atoms with E-state index in [2.05, 4.69) is 22.2 Å². The average Bonchev–Trinajstić information content (AvgIpc) is 3.46. The molecule has 11 heteroatoms. The number of hydrogen-bond acceptors (Lipinski definition) is 7. The van der Waals surface area contributed by atoms with E-state index in [4.69, 9.17) is 10.5 Å². The zero-order valence-corrected chi connectivity index (χ0v) is 19.5. The minimum absolute atomic E-state index is 0.157. The summed E-state index contributed by atoms with van der Waals surface area (Å²) in [4.78, 5) is 49.3. The second-order valence-electron chi connectivity index (χ2n) is 7.92. The molecular formula is C23H26N6O4S. The summed E-state index contributed by atoms with van der Waals surface area (Å²) in [5.41, 5.74) is 6.53. The number of nitrogens with one attached hydrogen (secondary N) is 1. The Morgan fingerprint density at radius 1 is 1.24 bits per heavy atom. The van der Waals surface area contributed by atoms with Crippen LogP contribution in [0.25, 0.3) is 0 Å². The zero-order chi connectivity index (χ0) is 24.1. The van der Waals surface area contributed by atoms with Crippen LogP contribution < -0.4 is 11.1 Å². The molecule has 3 heterocycles. The summed E-state index contributed by atoms with van der Waals surface area (Å²) in [5.74, 6) is -0.956. The Bertz CT molecular complexity index is 1120. The van der Waals surface area contributed by atoms with Gasteiger partial charge in [0.25, 0.3) is 11.8 Å². The first-order valence-corrected chi connectivity index (χ1v) is 11.9. The number of urea groups is 1. The van der Waals surface area contributed by atoms with Crippen molar-refractivity contribution in [1.29, 1.82) is 0 Å². The van der Waals surface area contributed by atoms with E-state index in [1.54, 1.807) is 22.7 Å². The number of benzene rings is 1. The van der Waals surface area contributed by atoms with Crippen LogP contribution in [0.5, 0.6) is 0 Å². The van der Waals surface area contributed by atoms with Crippen molar-refractivity contribution < 1.29 is 19.1 Å². The number of primary amides is 1. The van der Waals surface area contributed by atoms with Crippen LogP contribution in [0.3, 0.4) is 0 Å². The molecule has 0 saturated carbocycles. The van der Waals surface area contributed by atoms with Crippen molar-refractivity contribution in [1.82, 2.24) is 9.80 Å². The molecule has 0 bridgehead atoms. The zero-order valence-electron chi connectivity index (χ0n) is 18.7. The fourth-order valence-corrected chi connectivity index (χ4v) is 4.64. The molecule has 0 saturated heterocycles. The number of carbonyl (C=O) groups is 3. The molecule has 2 atom stereocenters. The number of unbranched alkanes of at least 4 members (excludes halogenated alkanes) is 1. The van der Waals surface area contributed by atoms with Crippen molar-refractivity contribution in [2.45, 2.75) is 38.5 Å². The first-order valence-electron chi connectivity index (χ1n) is 11.0. The summed E-state index contributed by atoms with van der Waals surface area (Å²) in [6.45, 7) is 2.81. The molecule has 2 aromatic rings. The van der Waals surface area contributed by atoms with Crippen LogP contribution in [0.4, 0.5) is 9.80 Å². The highest BCUT2D eigenvalue weighted by atomic mass is 32.1. The minimum Gasteiger partial charge on any atom is -0.469 e. The average molecular weight is 483 g/mol. The Balaban J connectivity index is 1.49. The maximum Gasteiger partial charge on any atom is 0.348 e. The molecule has 2 aliphatic rings. The molecular weight excluding hydrogens is 456 g/mol. The number of fused-ring (bicyclic) bond motifs is 1. The maximum atomic E-state index is 12.9. The second-order valence-corrected chi connectivity index (χ2v) is 8.84. The van der Waals surface area contributed by atoms with Gasteiger partial charge in [0.05, 0.1) is 11.9 Å². The van der Waals surface area contributed by atoms with Crippen LogP contribution in [0.15, 0.2) is 51.8 Å². The van der Waals surface area contributed by atoms with Crippen molar-refractivity contribution in [3.8, 4) is 0 Å². The van der Waals surface area contributed by atoms with Crippen molar-refractivity contribution in [3.63, 3.8) is 0 Å². The van der Waals surface area contributed by atoms with Crippen LogP contribution in [0.1, 0.15) is 35.7 Å². The van der Waals surface area contributed by atoms with Gasteiger partial charge in [-0.2, -0.15) is 4.99 Å². The molecule has 0 spiro atoms. The van der Waals surface area contributed by atoms with E-state index in [1.807, 2.05) is 35.2 Å². The summed E-state index contributed by atoms with van der Waals surface area (Å²) in [7, 11) is 0. The minimum atomic E-state index is -0.629. The van der Waals surface area contributed by atoms with Crippen LogP contribution in [0, 0.1) is 0 Å². The number of carbonyl (C=O) groups excluding carboxylic acids is 3. The summed E-state index contributed by atoms with van der Waals surface area (Å²) in [5, 5.41) is 4.64. The van der Waals surface area contributed by atoms with Gasteiger partial charge in [0.15, 0.2) is 12.8 Å². The Labute approximate surface area is 201 Å². The van der Waals surface area contributed by atoms with E-state index in [0.29, 0.717) is 11.5 Å². The van der Waals surface area contributed by atoms with Gasteiger partial charge in [-0.25, -0.2) is 9.79 Å². The van der Waals surface area contributed by atoms with E-state index in [0.717, 1.165) is 24.9 Å². The molecule has 1 aromatic carbocycles. The number of hydrogen-bond donors (Lipinski definition) is 2. The molecule has 1 aromatic heterocycles. The number of nitrogens with two attached hydrogens (primary N) is 1. The van der Waals surface area contributed by atoms with E-state index in [-0.39, 0.29) is 18.1 Å². The summed E-state index contributed by atoms with van der Waals surface area (Å²) >= 11 is 1.19. The molecule has 2 aliphatic heterocycles. The van der Waals surface area contributed by atoms with Gasteiger partial charge in [-0.05, 0) is 23.4 Å². The molecule has 0 fully saturated rings. The number of thiophene rings is 1. The third-order valence-corrected chi connectivity index (χ3v) is 6.36. The third-order valence-electron chi connectivity index (χ3n) is 5.53. The van der Waals surface area contributed by atoms with Gasteiger partial charge in [-0.1, -0.05) is 43.7 Å². The smallest absolute Gasteiger partial charge is 0.348 e. The van der Waals surface area contributed by atoms with Crippen LogP contribution >= 0.6 is 11.3 Å². The number of rotatable bonds is 9. The molecule has 0 aliphatic carbocycles. The van der Waals surface area contributed by atoms with Gasteiger partial charge in [-0.15, -0.1) is 11.3 Å². The van der Waals surface area contributed by atoms with E-state index < -0.39 is 30.1 Å². The van der Waals surface area contributed by atoms with Crippen molar-refractivity contribution >= 4 is 46.4 Å². The Morgan fingerprint density at radius 3 is 2.76 bits per heavy atom. The molecule has 2 unspecified atom stereocenters. The van der Waals surface area contributed by atoms with Crippen molar-refractivity contribution in [3.05, 3.63) is 52.9 Å². The van der Waals surface area contributed by atoms with Gasteiger partial charge in [0.2, 0.25) is 5.90 Å². The number of anilines is 1. The van der Waals surface area contributed by atoms with Gasteiger partial charge in [0, 0.05) is 13.1 Å². The van der Waals surface area contributed by atoms with Gasteiger partial charge >= 0.3 is 6.03 Å². The molecule has 10 nitrogen and oxygen atoms in total. The molecule has 4 rings (SSSR count). The summed E-state index contributed by atoms with van der Waals surface area (Å²) < 4.78 is 5.74. The normalized spacial score (nSPS) is 19.1. The predicted octanol–water partition coefficient (Wildman–Crippen LogP) is 2.68. The topological polar surface area (TPSA) is 130 Å². The highest BCUT2D eigenvalue weighted by molar-refractivity contribution is 7.14. The molecule has 0 radical (unpaired) electrons. The van der Waals surface area contributed by atoms with Gasteiger partial charge < -0.3 is 20.7 Å². The lowest BCUT2D eigenvalue weighted by atomic mass is 10.1. The standard InChI is InChI=1S/C23H26N6O4S/c1-2-3-10-28-14-25-20-18(28)21(27-23(32)29(20)12-15-7-5-4-6-8-15)33-13-17(30)26-22-16(19(24)31)9-11-34-22/h4-9,11,14,18,20H,2-3,10,12-13H2,1H3,(H2,24,31)(H,26,30). The van der Waals surface area contributed by atoms with Crippen molar-refractivity contribution in [2.24, 2.45) is 15.7 Å². The van der Waals surface area contributed by atoms with Gasteiger partial charge in [-0.3, -0.25) is 14.5 Å². The summed E-state index contributed by atoms with van der Waals surface area (Å²) in [6, 6.07) is 10.3. The maximum absolute atomic E-state index is 12.9. The quantitative estimate of drug-likeness (QED) is 0.568. The lowest BCUT2D eigenvalue weighted by Crippen LogP contribution is -2.56. The monoisotopic (exact) mass is 482 g/mol. The largest absolute Gasteiger partial charge is 0.469 e.